The zero-order chi connectivity index (χ0) is 15.6. The lowest BCUT2D eigenvalue weighted by atomic mass is 9.88. The Morgan fingerprint density at radius 2 is 1.95 bits per heavy atom. The van der Waals surface area contributed by atoms with Gasteiger partial charge in [0.25, 0.3) is 5.24 Å². The largest absolute Gasteiger partial charge is 0.345 e. The van der Waals surface area contributed by atoms with Crippen LogP contribution in [0.25, 0.3) is 0 Å². The van der Waals surface area contributed by atoms with Crippen molar-refractivity contribution >= 4 is 38.8 Å². The molecule has 1 saturated heterocycles. The van der Waals surface area contributed by atoms with E-state index < -0.39 is 0 Å². The van der Waals surface area contributed by atoms with Gasteiger partial charge in [0.2, 0.25) is 5.91 Å². The van der Waals surface area contributed by atoms with E-state index in [4.69, 9.17) is 0 Å². The van der Waals surface area contributed by atoms with Crippen molar-refractivity contribution in [1.82, 2.24) is 10.2 Å². The Balaban J connectivity index is 1.72. The number of hydrogen-bond acceptors (Lipinski definition) is 3. The summed E-state index contributed by atoms with van der Waals surface area (Å²) >= 11 is 4.74. The number of halogens is 1. The van der Waals surface area contributed by atoms with Gasteiger partial charge in [-0.3, -0.25) is 9.59 Å². The lowest BCUT2D eigenvalue weighted by molar-refractivity contribution is -0.123. The van der Waals surface area contributed by atoms with E-state index in [2.05, 4.69) is 33.4 Å². The molecule has 0 unspecified atom stereocenters. The Morgan fingerprint density at radius 1 is 1.27 bits per heavy atom. The van der Waals surface area contributed by atoms with Crippen LogP contribution < -0.4 is 5.32 Å². The summed E-state index contributed by atoms with van der Waals surface area (Å²) in [4.78, 5) is 25.7. The molecule has 1 aliphatic heterocycles. The van der Waals surface area contributed by atoms with E-state index in [1.165, 1.54) is 11.8 Å². The second-order valence-electron chi connectivity index (χ2n) is 5.88. The first kappa shape index (κ1) is 15.9. The number of thioether (sulfide) groups is 1. The van der Waals surface area contributed by atoms with Crippen molar-refractivity contribution < 1.29 is 9.59 Å². The summed E-state index contributed by atoms with van der Waals surface area (Å²) in [7, 11) is 0. The third kappa shape index (κ3) is 3.33. The molecule has 0 radical (unpaired) electrons. The SMILES string of the molecule is O=C(CN1CCSC1=O)NC1(c2ccc(Br)cc2)CCCC1. The fraction of sp³-hybridized carbons (Fsp3) is 0.500. The van der Waals surface area contributed by atoms with Crippen molar-refractivity contribution in [2.75, 3.05) is 18.8 Å². The average molecular weight is 383 g/mol. The Labute approximate surface area is 143 Å². The molecule has 0 bridgehead atoms. The molecule has 4 nitrogen and oxygen atoms in total. The zero-order valence-corrected chi connectivity index (χ0v) is 14.7. The number of nitrogens with zero attached hydrogens (tertiary/aromatic N) is 1. The molecule has 22 heavy (non-hydrogen) atoms. The number of carbonyl (C=O) groups is 2. The molecule has 6 heteroatoms. The molecule has 1 aliphatic carbocycles. The summed E-state index contributed by atoms with van der Waals surface area (Å²) in [5.41, 5.74) is 0.886. The number of rotatable bonds is 4. The quantitative estimate of drug-likeness (QED) is 0.866. The van der Waals surface area contributed by atoms with Crippen LogP contribution in [0, 0.1) is 0 Å². The fourth-order valence-electron chi connectivity index (χ4n) is 3.28. The van der Waals surface area contributed by atoms with Gasteiger partial charge in [-0.1, -0.05) is 52.7 Å². The summed E-state index contributed by atoms with van der Waals surface area (Å²) in [6.45, 7) is 0.840. The Kier molecular flexibility index (Phi) is 4.78. The maximum absolute atomic E-state index is 12.4. The van der Waals surface area contributed by atoms with Crippen LogP contribution in [0.5, 0.6) is 0 Å². The second kappa shape index (κ2) is 6.62. The minimum absolute atomic E-state index is 0.0132. The van der Waals surface area contributed by atoms with E-state index in [0.29, 0.717) is 6.54 Å². The van der Waals surface area contributed by atoms with E-state index in [0.717, 1.165) is 41.5 Å². The van der Waals surface area contributed by atoms with Gasteiger partial charge in [0, 0.05) is 16.8 Å². The molecule has 2 aliphatic rings. The highest BCUT2D eigenvalue weighted by Crippen LogP contribution is 2.39. The van der Waals surface area contributed by atoms with Gasteiger partial charge in [0.1, 0.15) is 6.54 Å². The lowest BCUT2D eigenvalue weighted by Gasteiger charge is -2.32. The molecule has 1 heterocycles. The molecular formula is C16H19BrN2O2S. The van der Waals surface area contributed by atoms with Crippen molar-refractivity contribution in [1.29, 1.82) is 0 Å². The maximum atomic E-state index is 12.4. The molecule has 1 N–H and O–H groups in total. The van der Waals surface area contributed by atoms with Crippen LogP contribution in [0.15, 0.2) is 28.7 Å². The maximum Gasteiger partial charge on any atom is 0.282 e. The highest BCUT2D eigenvalue weighted by atomic mass is 79.9. The summed E-state index contributed by atoms with van der Waals surface area (Å²) in [5.74, 6) is 0.727. The van der Waals surface area contributed by atoms with Gasteiger partial charge in [-0.05, 0) is 30.5 Å². The van der Waals surface area contributed by atoms with E-state index in [-0.39, 0.29) is 23.2 Å². The van der Waals surface area contributed by atoms with E-state index in [1.54, 1.807) is 4.90 Å². The zero-order valence-electron chi connectivity index (χ0n) is 12.3. The van der Waals surface area contributed by atoms with Crippen molar-refractivity contribution in [2.45, 2.75) is 31.2 Å². The first-order valence-corrected chi connectivity index (χ1v) is 9.36. The number of carbonyl (C=O) groups excluding carboxylic acids is 2. The van der Waals surface area contributed by atoms with Gasteiger partial charge >= 0.3 is 0 Å². The van der Waals surface area contributed by atoms with Gasteiger partial charge in [-0.15, -0.1) is 0 Å². The fourth-order valence-corrected chi connectivity index (χ4v) is 4.37. The molecule has 2 amide bonds. The normalized spacial score (nSPS) is 20.4. The highest BCUT2D eigenvalue weighted by molar-refractivity contribution is 9.10. The van der Waals surface area contributed by atoms with Crippen LogP contribution >= 0.6 is 27.7 Å². The summed E-state index contributed by atoms with van der Waals surface area (Å²) in [5, 5.41) is 3.23. The molecule has 1 aromatic carbocycles. The molecule has 0 atom stereocenters. The van der Waals surface area contributed by atoms with Crippen LogP contribution in [-0.2, 0) is 10.3 Å². The van der Waals surface area contributed by atoms with Gasteiger partial charge in [0.05, 0.1) is 5.54 Å². The predicted octanol–water partition coefficient (Wildman–Crippen LogP) is 3.50. The standard InChI is InChI=1S/C16H19BrN2O2S/c17-13-5-3-12(4-6-13)16(7-1-2-8-16)18-14(20)11-19-9-10-22-15(19)21/h3-6H,1-2,7-11H2,(H,18,20). The molecule has 0 aromatic heterocycles. The van der Waals surface area contributed by atoms with Crippen molar-refractivity contribution in [3.63, 3.8) is 0 Å². The third-order valence-electron chi connectivity index (χ3n) is 4.41. The van der Waals surface area contributed by atoms with Gasteiger partial charge in [0.15, 0.2) is 0 Å². The third-order valence-corrected chi connectivity index (χ3v) is 5.83. The number of amides is 2. The molecule has 1 saturated carbocycles. The molecule has 0 spiro atoms. The van der Waals surface area contributed by atoms with E-state index >= 15 is 0 Å². The molecule has 118 valence electrons. The van der Waals surface area contributed by atoms with Crippen LogP contribution in [0.2, 0.25) is 0 Å². The monoisotopic (exact) mass is 382 g/mol. The summed E-state index contributed by atoms with van der Waals surface area (Å²) < 4.78 is 1.04. The minimum Gasteiger partial charge on any atom is -0.345 e. The average Bonchev–Trinajstić information content (AvgIpc) is 3.11. The first-order chi connectivity index (χ1) is 10.6. The molecule has 2 fully saturated rings. The van der Waals surface area contributed by atoms with Crippen LogP contribution in [0.3, 0.4) is 0 Å². The second-order valence-corrected chi connectivity index (χ2v) is 7.84. The van der Waals surface area contributed by atoms with Crippen molar-refractivity contribution in [3.8, 4) is 0 Å². The Morgan fingerprint density at radius 3 is 2.55 bits per heavy atom. The van der Waals surface area contributed by atoms with Crippen LogP contribution in [0.4, 0.5) is 4.79 Å². The Hall–Kier alpha value is -1.01. The molecule has 1 aromatic rings. The first-order valence-electron chi connectivity index (χ1n) is 7.58. The molecular weight excluding hydrogens is 364 g/mol. The van der Waals surface area contributed by atoms with Gasteiger partial charge in [-0.2, -0.15) is 0 Å². The predicted molar refractivity (Wildman–Crippen MR) is 91.9 cm³/mol. The summed E-state index contributed by atoms with van der Waals surface area (Å²) in [6.07, 6.45) is 4.16. The smallest absolute Gasteiger partial charge is 0.282 e. The number of hydrogen-bond donors (Lipinski definition) is 1. The van der Waals surface area contributed by atoms with Crippen LogP contribution in [0.1, 0.15) is 31.2 Å². The number of nitrogens with one attached hydrogen (secondary N) is 1. The van der Waals surface area contributed by atoms with Crippen molar-refractivity contribution in [2.24, 2.45) is 0 Å². The highest BCUT2D eigenvalue weighted by Gasteiger charge is 2.37. The van der Waals surface area contributed by atoms with Crippen molar-refractivity contribution in [3.05, 3.63) is 34.3 Å². The molecule has 3 rings (SSSR count). The van der Waals surface area contributed by atoms with Crippen LogP contribution in [-0.4, -0.2) is 34.9 Å². The topological polar surface area (TPSA) is 49.4 Å². The van der Waals surface area contributed by atoms with Gasteiger partial charge in [-0.25, -0.2) is 0 Å². The van der Waals surface area contributed by atoms with E-state index in [1.807, 2.05) is 12.1 Å². The summed E-state index contributed by atoms with van der Waals surface area (Å²) in [6, 6.07) is 8.18. The lowest BCUT2D eigenvalue weighted by Crippen LogP contribution is -2.48. The number of benzene rings is 1. The van der Waals surface area contributed by atoms with E-state index in [9.17, 15) is 9.59 Å². The Bertz CT molecular complexity index is 570. The van der Waals surface area contributed by atoms with Gasteiger partial charge < -0.3 is 10.2 Å². The minimum atomic E-state index is -0.270.